The van der Waals surface area contributed by atoms with Crippen molar-refractivity contribution in [2.75, 3.05) is 6.26 Å². The Bertz CT molecular complexity index is 1380. The van der Waals surface area contributed by atoms with Crippen LogP contribution in [0.3, 0.4) is 0 Å². The molecular formula is C20H18N4O3S. The Morgan fingerprint density at radius 1 is 0.857 bits per heavy atom. The zero-order valence-electron chi connectivity index (χ0n) is 15.6. The van der Waals surface area contributed by atoms with E-state index in [9.17, 15) is 13.2 Å². The zero-order chi connectivity index (χ0) is 20.1. The topological polar surface area (TPSA) is 86.8 Å². The highest BCUT2D eigenvalue weighted by Crippen LogP contribution is 2.32. The average molecular weight is 394 g/mol. The SMILES string of the molecule is Cn1c(-c2ccc3nccnc3c2)c(-c2cccc(S(C)(=O)=O)c2)c(=O)n1C. The molecule has 0 saturated carbocycles. The first-order valence-corrected chi connectivity index (χ1v) is 10.4. The standard InChI is InChI=1S/C20H18N4O3S/c1-23-19(14-7-8-16-17(12-14)22-10-9-21-16)18(20(25)24(23)2)13-5-4-6-15(11-13)28(3,26)27/h4-12H,1-3H3. The van der Waals surface area contributed by atoms with Gasteiger partial charge in [0.1, 0.15) is 0 Å². The molecule has 0 aliphatic rings. The second-order valence-electron chi connectivity index (χ2n) is 6.64. The van der Waals surface area contributed by atoms with Gasteiger partial charge < -0.3 is 0 Å². The number of aromatic nitrogens is 4. The molecule has 142 valence electrons. The lowest BCUT2D eigenvalue weighted by molar-refractivity contribution is 0.584. The van der Waals surface area contributed by atoms with Gasteiger partial charge in [0.2, 0.25) is 0 Å². The molecule has 0 unspecified atom stereocenters. The van der Waals surface area contributed by atoms with Gasteiger partial charge in [0, 0.05) is 38.3 Å². The summed E-state index contributed by atoms with van der Waals surface area (Å²) in [6.45, 7) is 0. The summed E-state index contributed by atoms with van der Waals surface area (Å²) in [5.41, 5.74) is 3.75. The Morgan fingerprint density at radius 2 is 1.57 bits per heavy atom. The monoisotopic (exact) mass is 394 g/mol. The summed E-state index contributed by atoms with van der Waals surface area (Å²) >= 11 is 0. The van der Waals surface area contributed by atoms with Crippen molar-refractivity contribution < 1.29 is 8.42 Å². The fourth-order valence-electron chi connectivity index (χ4n) is 3.30. The first kappa shape index (κ1) is 18.1. The fraction of sp³-hybridized carbons (Fsp3) is 0.150. The summed E-state index contributed by atoms with van der Waals surface area (Å²) in [5.74, 6) is 0. The average Bonchev–Trinajstić information content (AvgIpc) is 2.91. The van der Waals surface area contributed by atoms with Gasteiger partial charge in [-0.2, -0.15) is 0 Å². The Labute approximate surface area is 161 Å². The van der Waals surface area contributed by atoms with E-state index in [-0.39, 0.29) is 10.5 Å². The Balaban J connectivity index is 2.02. The molecule has 2 aromatic carbocycles. The van der Waals surface area contributed by atoms with Gasteiger partial charge in [0.15, 0.2) is 9.84 Å². The van der Waals surface area contributed by atoms with Crippen LogP contribution >= 0.6 is 0 Å². The van der Waals surface area contributed by atoms with Gasteiger partial charge in [-0.05, 0) is 29.8 Å². The highest BCUT2D eigenvalue weighted by molar-refractivity contribution is 7.90. The highest BCUT2D eigenvalue weighted by atomic mass is 32.2. The van der Waals surface area contributed by atoms with Crippen molar-refractivity contribution in [1.29, 1.82) is 0 Å². The molecular weight excluding hydrogens is 376 g/mol. The van der Waals surface area contributed by atoms with Crippen molar-refractivity contribution in [1.82, 2.24) is 19.3 Å². The van der Waals surface area contributed by atoms with Crippen LogP contribution in [0.2, 0.25) is 0 Å². The van der Waals surface area contributed by atoms with Crippen molar-refractivity contribution in [3.63, 3.8) is 0 Å². The van der Waals surface area contributed by atoms with E-state index in [1.165, 1.54) is 16.8 Å². The van der Waals surface area contributed by atoms with Gasteiger partial charge >= 0.3 is 0 Å². The van der Waals surface area contributed by atoms with Crippen molar-refractivity contribution in [2.45, 2.75) is 4.90 Å². The molecule has 8 heteroatoms. The zero-order valence-corrected chi connectivity index (χ0v) is 16.4. The third-order valence-corrected chi connectivity index (χ3v) is 5.92. The van der Waals surface area contributed by atoms with Crippen LogP contribution in [-0.4, -0.2) is 34.0 Å². The van der Waals surface area contributed by atoms with Crippen molar-refractivity contribution in [2.24, 2.45) is 14.1 Å². The van der Waals surface area contributed by atoms with Gasteiger partial charge in [-0.25, -0.2) is 8.42 Å². The molecule has 0 bridgehead atoms. The molecule has 0 atom stereocenters. The largest absolute Gasteiger partial charge is 0.285 e. The van der Waals surface area contributed by atoms with Crippen molar-refractivity contribution in [3.8, 4) is 22.4 Å². The van der Waals surface area contributed by atoms with E-state index in [4.69, 9.17) is 0 Å². The molecule has 0 N–H and O–H groups in total. The van der Waals surface area contributed by atoms with Crippen molar-refractivity contribution in [3.05, 3.63) is 65.2 Å². The van der Waals surface area contributed by atoms with Gasteiger partial charge in [-0.3, -0.25) is 24.1 Å². The summed E-state index contributed by atoms with van der Waals surface area (Å²) < 4.78 is 27.2. The Morgan fingerprint density at radius 3 is 2.29 bits per heavy atom. The molecule has 28 heavy (non-hydrogen) atoms. The number of nitrogens with zero attached hydrogens (tertiary/aromatic N) is 4. The Hall–Kier alpha value is -3.26. The minimum absolute atomic E-state index is 0.172. The summed E-state index contributed by atoms with van der Waals surface area (Å²) in [4.78, 5) is 21.8. The molecule has 0 radical (unpaired) electrons. The lowest BCUT2D eigenvalue weighted by atomic mass is 10.0. The van der Waals surface area contributed by atoms with Crippen LogP contribution in [-0.2, 0) is 23.9 Å². The molecule has 0 spiro atoms. The summed E-state index contributed by atoms with van der Waals surface area (Å²) in [7, 11) is 0.0807. The van der Waals surface area contributed by atoms with E-state index >= 15 is 0 Å². The number of benzene rings is 2. The number of rotatable bonds is 3. The molecule has 0 fully saturated rings. The van der Waals surface area contributed by atoms with E-state index in [1.54, 1.807) is 43.3 Å². The fourth-order valence-corrected chi connectivity index (χ4v) is 3.96. The summed E-state index contributed by atoms with van der Waals surface area (Å²) in [6, 6.07) is 12.1. The maximum Gasteiger partial charge on any atom is 0.274 e. The third-order valence-electron chi connectivity index (χ3n) is 4.81. The van der Waals surface area contributed by atoms with Crippen LogP contribution in [0.1, 0.15) is 0 Å². The maximum absolute atomic E-state index is 13.0. The van der Waals surface area contributed by atoms with Crippen LogP contribution in [0.15, 0.2) is 64.5 Å². The molecule has 0 saturated heterocycles. The molecule has 0 amide bonds. The number of fused-ring (bicyclic) bond motifs is 1. The van der Waals surface area contributed by atoms with Gasteiger partial charge in [-0.15, -0.1) is 0 Å². The number of sulfone groups is 1. The molecule has 4 aromatic rings. The predicted octanol–water partition coefficient (Wildman–Crippen LogP) is 2.40. The first-order valence-electron chi connectivity index (χ1n) is 8.55. The molecule has 2 aromatic heterocycles. The van der Waals surface area contributed by atoms with Crippen LogP contribution in [0.5, 0.6) is 0 Å². The number of hydrogen-bond donors (Lipinski definition) is 0. The quantitative estimate of drug-likeness (QED) is 0.533. The van der Waals surface area contributed by atoms with E-state index in [0.717, 1.165) is 17.3 Å². The first-order chi connectivity index (χ1) is 13.3. The van der Waals surface area contributed by atoms with Crippen LogP contribution < -0.4 is 5.56 Å². The second-order valence-corrected chi connectivity index (χ2v) is 8.65. The molecule has 0 aliphatic carbocycles. The van der Waals surface area contributed by atoms with E-state index in [1.807, 2.05) is 18.2 Å². The normalized spacial score (nSPS) is 11.8. The van der Waals surface area contributed by atoms with Crippen molar-refractivity contribution >= 4 is 20.9 Å². The van der Waals surface area contributed by atoms with Gasteiger partial charge in [0.05, 0.1) is 27.2 Å². The van der Waals surface area contributed by atoms with Gasteiger partial charge in [-0.1, -0.05) is 18.2 Å². The lowest BCUT2D eigenvalue weighted by Crippen LogP contribution is -2.17. The molecule has 0 aliphatic heterocycles. The van der Waals surface area contributed by atoms with E-state index in [0.29, 0.717) is 22.3 Å². The molecule has 4 rings (SSSR count). The summed E-state index contributed by atoms with van der Waals surface area (Å²) in [6.07, 6.45) is 4.40. The minimum Gasteiger partial charge on any atom is -0.285 e. The summed E-state index contributed by atoms with van der Waals surface area (Å²) in [5, 5.41) is 0. The van der Waals surface area contributed by atoms with E-state index < -0.39 is 9.84 Å². The third kappa shape index (κ3) is 2.91. The molecule has 2 heterocycles. The minimum atomic E-state index is -3.39. The molecule has 7 nitrogen and oxygen atoms in total. The number of hydrogen-bond acceptors (Lipinski definition) is 5. The second kappa shape index (κ2) is 6.42. The van der Waals surface area contributed by atoms with Gasteiger partial charge in [0.25, 0.3) is 5.56 Å². The lowest BCUT2D eigenvalue weighted by Gasteiger charge is -2.09. The van der Waals surface area contributed by atoms with Crippen LogP contribution in [0.4, 0.5) is 0 Å². The van der Waals surface area contributed by atoms with Crippen LogP contribution in [0.25, 0.3) is 33.4 Å². The predicted molar refractivity (Wildman–Crippen MR) is 108 cm³/mol. The maximum atomic E-state index is 13.0. The van der Waals surface area contributed by atoms with Crippen LogP contribution in [0, 0.1) is 0 Å². The highest BCUT2D eigenvalue weighted by Gasteiger charge is 2.21. The smallest absolute Gasteiger partial charge is 0.274 e. The van der Waals surface area contributed by atoms with E-state index in [2.05, 4.69) is 9.97 Å². The Kier molecular flexibility index (Phi) is 4.15.